The third kappa shape index (κ3) is 1.98. The summed E-state index contributed by atoms with van der Waals surface area (Å²) in [6.07, 6.45) is -4.54. The summed E-state index contributed by atoms with van der Waals surface area (Å²) in [5.74, 6) is -0.391. The van der Waals surface area contributed by atoms with Crippen molar-refractivity contribution in [3.8, 4) is 5.75 Å². The predicted octanol–water partition coefficient (Wildman–Crippen LogP) is 2.26. The number of hydrogen-bond acceptors (Lipinski definition) is 2. The summed E-state index contributed by atoms with van der Waals surface area (Å²) in [6, 6.07) is 1.97. The van der Waals surface area contributed by atoms with Gasteiger partial charge in [0.25, 0.3) is 0 Å². The molecule has 3 N–H and O–H groups in total. The maximum atomic E-state index is 12.2. The number of rotatable bonds is 1. The Labute approximate surface area is 79.2 Å². The van der Waals surface area contributed by atoms with Crippen molar-refractivity contribution in [3.05, 3.63) is 29.3 Å². The Balaban J connectivity index is 3.14. The van der Waals surface area contributed by atoms with Crippen molar-refractivity contribution in [2.45, 2.75) is 19.1 Å². The Morgan fingerprint density at radius 1 is 1.36 bits per heavy atom. The first kappa shape index (κ1) is 10.8. The van der Waals surface area contributed by atoms with Crippen LogP contribution in [-0.2, 0) is 0 Å². The number of para-hydroxylation sites is 1. The summed E-state index contributed by atoms with van der Waals surface area (Å²) in [6.45, 7) is 1.52. The molecule has 0 aliphatic carbocycles. The second kappa shape index (κ2) is 3.49. The highest BCUT2D eigenvalue weighted by Gasteiger charge is 2.39. The quantitative estimate of drug-likeness (QED) is 0.738. The molecule has 78 valence electrons. The second-order valence-corrected chi connectivity index (χ2v) is 3.03. The van der Waals surface area contributed by atoms with Crippen LogP contribution in [0.3, 0.4) is 0 Å². The fraction of sp³-hybridized carbons (Fsp3) is 0.333. The molecule has 1 aromatic carbocycles. The molecule has 2 nitrogen and oxygen atoms in total. The molecule has 0 fully saturated rings. The van der Waals surface area contributed by atoms with Crippen LogP contribution in [-0.4, -0.2) is 11.3 Å². The van der Waals surface area contributed by atoms with E-state index in [1.54, 1.807) is 0 Å². The highest BCUT2D eigenvalue weighted by Crippen LogP contribution is 2.35. The Morgan fingerprint density at radius 2 is 1.93 bits per heavy atom. The Bertz CT molecular complexity index is 335. The SMILES string of the molecule is Cc1cccc([C@@H](N)C(F)(F)F)c1O. The standard InChI is InChI=1S/C9H10F3NO/c1-5-3-2-4-6(7(5)14)8(13)9(10,11)12/h2-4,8,14H,13H2,1H3/t8-/m1/s1. The predicted molar refractivity (Wildman–Crippen MR) is 45.8 cm³/mol. The molecule has 0 saturated carbocycles. The van der Waals surface area contributed by atoms with Gasteiger partial charge in [0.05, 0.1) is 0 Å². The maximum absolute atomic E-state index is 12.2. The van der Waals surface area contributed by atoms with Crippen molar-refractivity contribution in [3.63, 3.8) is 0 Å². The van der Waals surface area contributed by atoms with Crippen LogP contribution in [0.15, 0.2) is 18.2 Å². The minimum absolute atomic E-state index is 0.294. The molecule has 0 radical (unpaired) electrons. The van der Waals surface area contributed by atoms with Gasteiger partial charge in [0, 0.05) is 5.56 Å². The largest absolute Gasteiger partial charge is 0.507 e. The van der Waals surface area contributed by atoms with E-state index in [0.717, 1.165) is 0 Å². The number of aryl methyl sites for hydroxylation is 1. The topological polar surface area (TPSA) is 46.2 Å². The van der Waals surface area contributed by atoms with Gasteiger partial charge in [-0.25, -0.2) is 0 Å². The van der Waals surface area contributed by atoms with Gasteiger partial charge in [-0.1, -0.05) is 18.2 Å². The molecule has 0 heterocycles. The summed E-state index contributed by atoms with van der Waals surface area (Å²) < 4.78 is 36.6. The normalized spacial score (nSPS) is 14.1. The number of benzene rings is 1. The van der Waals surface area contributed by atoms with Crippen LogP contribution in [0.1, 0.15) is 17.2 Å². The summed E-state index contributed by atoms with van der Waals surface area (Å²) in [5, 5.41) is 9.35. The number of halogens is 3. The van der Waals surface area contributed by atoms with E-state index in [1.165, 1.54) is 25.1 Å². The van der Waals surface area contributed by atoms with Crippen molar-refractivity contribution >= 4 is 0 Å². The lowest BCUT2D eigenvalue weighted by Gasteiger charge is -2.17. The summed E-state index contributed by atoms with van der Waals surface area (Å²) in [4.78, 5) is 0. The van der Waals surface area contributed by atoms with Crippen LogP contribution in [0.4, 0.5) is 13.2 Å². The highest BCUT2D eigenvalue weighted by atomic mass is 19.4. The summed E-state index contributed by atoms with van der Waals surface area (Å²) in [7, 11) is 0. The molecular formula is C9H10F3NO. The van der Waals surface area contributed by atoms with E-state index in [0.29, 0.717) is 5.56 Å². The van der Waals surface area contributed by atoms with Gasteiger partial charge in [0.2, 0.25) is 0 Å². The van der Waals surface area contributed by atoms with Crippen molar-refractivity contribution in [1.29, 1.82) is 0 Å². The van der Waals surface area contributed by atoms with Crippen molar-refractivity contribution in [1.82, 2.24) is 0 Å². The zero-order valence-corrected chi connectivity index (χ0v) is 7.47. The molecule has 0 spiro atoms. The summed E-state index contributed by atoms with van der Waals surface area (Å²) >= 11 is 0. The highest BCUT2D eigenvalue weighted by molar-refractivity contribution is 5.41. The third-order valence-electron chi connectivity index (χ3n) is 1.96. The van der Waals surface area contributed by atoms with Gasteiger partial charge in [0.1, 0.15) is 11.8 Å². The number of hydrogen-bond donors (Lipinski definition) is 2. The molecule has 0 aliphatic heterocycles. The Hall–Kier alpha value is -1.23. The third-order valence-corrected chi connectivity index (χ3v) is 1.96. The van der Waals surface area contributed by atoms with E-state index in [2.05, 4.69) is 0 Å². The number of phenols is 1. The van der Waals surface area contributed by atoms with Gasteiger partial charge < -0.3 is 10.8 Å². The van der Waals surface area contributed by atoms with Crippen LogP contribution < -0.4 is 5.73 Å². The molecule has 0 unspecified atom stereocenters. The monoisotopic (exact) mass is 205 g/mol. The molecule has 0 saturated heterocycles. The van der Waals surface area contributed by atoms with E-state index >= 15 is 0 Å². The van der Waals surface area contributed by atoms with Gasteiger partial charge >= 0.3 is 6.18 Å². The fourth-order valence-electron chi connectivity index (χ4n) is 1.11. The minimum atomic E-state index is -4.54. The average molecular weight is 205 g/mol. The lowest BCUT2D eigenvalue weighted by Crippen LogP contribution is -2.28. The first-order valence-electron chi connectivity index (χ1n) is 3.95. The molecule has 0 amide bonds. The maximum Gasteiger partial charge on any atom is 0.407 e. The van der Waals surface area contributed by atoms with Crippen molar-refractivity contribution < 1.29 is 18.3 Å². The molecule has 0 aromatic heterocycles. The van der Waals surface area contributed by atoms with Gasteiger partial charge in [0.15, 0.2) is 0 Å². The van der Waals surface area contributed by atoms with E-state index in [4.69, 9.17) is 5.73 Å². The lowest BCUT2D eigenvalue weighted by atomic mass is 10.0. The Morgan fingerprint density at radius 3 is 2.43 bits per heavy atom. The number of alkyl halides is 3. The van der Waals surface area contributed by atoms with Crippen molar-refractivity contribution in [2.75, 3.05) is 0 Å². The first-order valence-corrected chi connectivity index (χ1v) is 3.95. The van der Waals surface area contributed by atoms with Gasteiger partial charge in [-0.2, -0.15) is 13.2 Å². The number of aromatic hydroxyl groups is 1. The molecule has 1 aromatic rings. The van der Waals surface area contributed by atoms with Crippen LogP contribution in [0, 0.1) is 6.92 Å². The zero-order chi connectivity index (χ0) is 10.9. The van der Waals surface area contributed by atoms with Crippen LogP contribution in [0.2, 0.25) is 0 Å². The van der Waals surface area contributed by atoms with Gasteiger partial charge in [-0.3, -0.25) is 0 Å². The molecule has 1 rings (SSSR count). The number of nitrogens with two attached hydrogens (primary N) is 1. The molecule has 0 aliphatic rings. The van der Waals surface area contributed by atoms with E-state index in [9.17, 15) is 18.3 Å². The Kier molecular flexibility index (Phi) is 2.71. The lowest BCUT2D eigenvalue weighted by molar-refractivity contribution is -0.149. The fourth-order valence-corrected chi connectivity index (χ4v) is 1.11. The van der Waals surface area contributed by atoms with Gasteiger partial charge in [-0.15, -0.1) is 0 Å². The van der Waals surface area contributed by atoms with Gasteiger partial charge in [-0.05, 0) is 12.5 Å². The van der Waals surface area contributed by atoms with E-state index in [-0.39, 0.29) is 5.56 Å². The van der Waals surface area contributed by atoms with E-state index in [1.807, 2.05) is 0 Å². The zero-order valence-electron chi connectivity index (χ0n) is 7.47. The first-order chi connectivity index (χ1) is 6.34. The summed E-state index contributed by atoms with van der Waals surface area (Å²) in [5.41, 5.74) is 5.04. The molecule has 0 bridgehead atoms. The van der Waals surface area contributed by atoms with Crippen LogP contribution in [0.5, 0.6) is 5.75 Å². The van der Waals surface area contributed by atoms with E-state index < -0.39 is 18.0 Å². The molecule has 5 heteroatoms. The smallest absolute Gasteiger partial charge is 0.407 e. The average Bonchev–Trinajstić information content (AvgIpc) is 2.07. The molecule has 1 atom stereocenters. The van der Waals surface area contributed by atoms with Crippen LogP contribution >= 0.6 is 0 Å². The molecule has 14 heavy (non-hydrogen) atoms. The minimum Gasteiger partial charge on any atom is -0.507 e. The van der Waals surface area contributed by atoms with Crippen LogP contribution in [0.25, 0.3) is 0 Å². The second-order valence-electron chi connectivity index (χ2n) is 3.03. The van der Waals surface area contributed by atoms with Crippen molar-refractivity contribution in [2.24, 2.45) is 5.73 Å². The number of phenolic OH excluding ortho intramolecular Hbond substituents is 1. The molecular weight excluding hydrogens is 195 g/mol.